The zero-order valence-corrected chi connectivity index (χ0v) is 39.0. The molecule has 0 fully saturated rings. The van der Waals surface area contributed by atoms with Gasteiger partial charge in [-0.3, -0.25) is 0 Å². The molecule has 0 aliphatic rings. The minimum atomic E-state index is -0.269. The molecule has 5 nitrogen and oxygen atoms in total. The molecule has 11 aromatic carbocycles. The second-order valence-corrected chi connectivity index (χ2v) is 19.3. The minimum absolute atomic E-state index is 0.269. The molecule has 16 aromatic rings. The first-order chi connectivity index (χ1) is 36.0. The Morgan fingerprint density at radius 1 is 0.274 bits per heavy atom. The summed E-state index contributed by atoms with van der Waals surface area (Å²) in [6.07, 6.45) is 0. The van der Waals surface area contributed by atoms with Crippen molar-refractivity contribution in [3.63, 3.8) is 0 Å². The van der Waals surface area contributed by atoms with E-state index in [2.05, 4.69) is 177 Å². The predicted molar refractivity (Wildman–Crippen MR) is 300 cm³/mol. The SMILES string of the molecule is [B]c1ccc2c(c1)c1cc(-c3ccc4c(c3)c3cc(-c5ccc6c(c5)c5cc(F)ccc5n6-c5ccc6oc7ccccc7c6c5)ccc3n4-c3ccccc3)ccc1n2-c1ccc2oc3ccccc3c2c1. The Morgan fingerprint density at radius 3 is 1.12 bits per heavy atom. The summed E-state index contributed by atoms with van der Waals surface area (Å²) in [6, 6.07) is 77.9. The molecule has 7 heteroatoms. The third-order valence-corrected chi connectivity index (χ3v) is 15.2. The van der Waals surface area contributed by atoms with Crippen LogP contribution in [0.4, 0.5) is 4.39 Å². The first kappa shape index (κ1) is 40.2. The monoisotopic (exact) mass is 933 g/mol. The standard InChI is InChI=1S/C66H37BFN3O2/c67-42-18-26-61-53(34-42)51-32-40(16-24-59(51)70(61)45-20-28-65-55(36-45)47-10-4-6-12-63(47)72-65)38-14-22-57-49(30-38)50-31-39(15-23-58(50)69(57)44-8-2-1-3-9-44)41-17-25-60-52(33-41)54-35-43(68)19-27-62(54)71(60)46-21-29-66-56(37-46)48-11-5-7-13-64(48)73-66/h1-37H. The maximum atomic E-state index is 15.2. The van der Waals surface area contributed by atoms with Crippen molar-refractivity contribution in [2.24, 2.45) is 0 Å². The van der Waals surface area contributed by atoms with Crippen LogP contribution in [0, 0.1) is 5.82 Å². The van der Waals surface area contributed by atoms with Gasteiger partial charge in [0.1, 0.15) is 36.0 Å². The molecule has 0 saturated carbocycles. The molecule has 338 valence electrons. The zero-order valence-electron chi connectivity index (χ0n) is 39.0. The van der Waals surface area contributed by atoms with E-state index < -0.39 is 0 Å². The summed E-state index contributed by atoms with van der Waals surface area (Å²) < 4.78 is 34.6. The summed E-state index contributed by atoms with van der Waals surface area (Å²) in [4.78, 5) is 0. The third kappa shape index (κ3) is 5.91. The lowest BCUT2D eigenvalue weighted by atomic mass is 9.94. The highest BCUT2D eigenvalue weighted by Gasteiger charge is 2.20. The number of rotatable bonds is 5. The average Bonchev–Trinajstić information content (AvgIpc) is 4.25. The van der Waals surface area contributed by atoms with Crippen molar-refractivity contribution < 1.29 is 13.2 Å². The largest absolute Gasteiger partial charge is 0.456 e. The number of hydrogen-bond donors (Lipinski definition) is 0. The fourth-order valence-electron chi connectivity index (χ4n) is 11.9. The first-order valence-corrected chi connectivity index (χ1v) is 24.5. The van der Waals surface area contributed by atoms with Gasteiger partial charge in [0.25, 0.3) is 0 Å². The van der Waals surface area contributed by atoms with Crippen molar-refractivity contribution >= 4 is 123 Å². The van der Waals surface area contributed by atoms with Gasteiger partial charge in [-0.25, -0.2) is 4.39 Å². The molecule has 0 spiro atoms. The van der Waals surface area contributed by atoms with Crippen molar-refractivity contribution in [1.29, 1.82) is 0 Å². The molecule has 0 aliphatic heterocycles. The minimum Gasteiger partial charge on any atom is -0.456 e. The molecule has 2 radical (unpaired) electrons. The van der Waals surface area contributed by atoms with E-state index in [9.17, 15) is 0 Å². The molecule has 73 heavy (non-hydrogen) atoms. The number of furan rings is 2. The Morgan fingerprint density at radius 2 is 0.644 bits per heavy atom. The van der Waals surface area contributed by atoms with Gasteiger partial charge in [-0.05, 0) is 156 Å². The average molecular weight is 934 g/mol. The summed E-state index contributed by atoms with van der Waals surface area (Å²) in [7, 11) is 6.52. The van der Waals surface area contributed by atoms with E-state index in [-0.39, 0.29) is 5.82 Å². The highest BCUT2D eigenvalue weighted by Crippen LogP contribution is 2.42. The molecule has 0 N–H and O–H groups in total. The fraction of sp³-hybridized carbons (Fsp3) is 0. The summed E-state index contributed by atoms with van der Waals surface area (Å²) >= 11 is 0. The van der Waals surface area contributed by atoms with Crippen LogP contribution in [0.25, 0.3) is 149 Å². The maximum Gasteiger partial charge on any atom is 0.135 e. The molecule has 0 amide bonds. The Kier molecular flexibility index (Phi) is 8.24. The number of aromatic nitrogens is 3. The van der Waals surface area contributed by atoms with E-state index in [4.69, 9.17) is 16.7 Å². The Hall–Kier alpha value is -9.59. The van der Waals surface area contributed by atoms with Crippen LogP contribution in [0.15, 0.2) is 233 Å². The van der Waals surface area contributed by atoms with Crippen molar-refractivity contribution in [3.05, 3.63) is 230 Å². The van der Waals surface area contributed by atoms with Crippen LogP contribution in [0.2, 0.25) is 0 Å². The van der Waals surface area contributed by atoms with Crippen LogP contribution < -0.4 is 5.46 Å². The van der Waals surface area contributed by atoms with Gasteiger partial charge in [0.2, 0.25) is 0 Å². The Labute approximate surface area is 417 Å². The van der Waals surface area contributed by atoms with E-state index >= 15 is 4.39 Å². The molecule has 16 rings (SSSR count). The first-order valence-electron chi connectivity index (χ1n) is 24.5. The Balaban J connectivity index is 0.859. The van der Waals surface area contributed by atoms with Gasteiger partial charge in [-0.2, -0.15) is 0 Å². The third-order valence-electron chi connectivity index (χ3n) is 15.2. The number of benzene rings is 11. The summed E-state index contributed by atoms with van der Waals surface area (Å²) in [6.45, 7) is 0. The van der Waals surface area contributed by atoms with Crippen molar-refractivity contribution in [3.8, 4) is 39.3 Å². The number of para-hydroxylation sites is 3. The van der Waals surface area contributed by atoms with Gasteiger partial charge in [0.05, 0.1) is 33.1 Å². The second-order valence-electron chi connectivity index (χ2n) is 19.3. The predicted octanol–water partition coefficient (Wildman–Crippen LogP) is 17.0. The topological polar surface area (TPSA) is 41.1 Å². The molecule has 5 heterocycles. The van der Waals surface area contributed by atoms with E-state index in [1.165, 1.54) is 0 Å². The van der Waals surface area contributed by atoms with Gasteiger partial charge in [0, 0.05) is 70.9 Å². The van der Waals surface area contributed by atoms with E-state index in [1.54, 1.807) is 12.1 Å². The van der Waals surface area contributed by atoms with Crippen LogP contribution >= 0.6 is 0 Å². The lowest BCUT2D eigenvalue weighted by Gasteiger charge is -2.10. The van der Waals surface area contributed by atoms with Crippen LogP contribution in [-0.4, -0.2) is 21.5 Å². The zero-order chi connectivity index (χ0) is 48.1. The molecule has 0 bridgehead atoms. The maximum absolute atomic E-state index is 15.2. The van der Waals surface area contributed by atoms with Crippen molar-refractivity contribution in [2.75, 3.05) is 0 Å². The van der Waals surface area contributed by atoms with E-state index in [0.717, 1.165) is 154 Å². The summed E-state index contributed by atoms with van der Waals surface area (Å²) in [5.74, 6) is -0.269. The van der Waals surface area contributed by atoms with Crippen LogP contribution in [0.5, 0.6) is 0 Å². The molecular formula is C66H37BFN3O2. The number of fused-ring (bicyclic) bond motifs is 15. The fourth-order valence-corrected chi connectivity index (χ4v) is 11.9. The molecule has 0 aliphatic carbocycles. The number of halogens is 1. The lowest BCUT2D eigenvalue weighted by Crippen LogP contribution is -2.00. The molecule has 0 unspecified atom stereocenters. The Bertz CT molecular complexity index is 4720. The van der Waals surface area contributed by atoms with Crippen molar-refractivity contribution in [2.45, 2.75) is 0 Å². The van der Waals surface area contributed by atoms with Gasteiger partial charge in [0.15, 0.2) is 0 Å². The lowest BCUT2D eigenvalue weighted by molar-refractivity contribution is 0.629. The van der Waals surface area contributed by atoms with Gasteiger partial charge in [-0.15, -0.1) is 0 Å². The molecule has 5 aromatic heterocycles. The van der Waals surface area contributed by atoms with Gasteiger partial charge in [-0.1, -0.05) is 96.5 Å². The van der Waals surface area contributed by atoms with Gasteiger partial charge < -0.3 is 22.5 Å². The van der Waals surface area contributed by atoms with E-state index in [0.29, 0.717) is 0 Å². The van der Waals surface area contributed by atoms with Crippen LogP contribution in [-0.2, 0) is 0 Å². The normalized spacial score (nSPS) is 12.2. The summed E-state index contributed by atoms with van der Waals surface area (Å²) in [5, 5.41) is 10.6. The molecule has 0 atom stereocenters. The second kappa shape index (κ2) is 15.0. The smallest absolute Gasteiger partial charge is 0.135 e. The highest BCUT2D eigenvalue weighted by atomic mass is 19.1. The van der Waals surface area contributed by atoms with Crippen LogP contribution in [0.3, 0.4) is 0 Å². The molecular weight excluding hydrogens is 897 g/mol. The molecule has 0 saturated heterocycles. The number of nitrogens with zero attached hydrogens (tertiary/aromatic N) is 3. The highest BCUT2D eigenvalue weighted by molar-refractivity contribution is 6.34. The quantitative estimate of drug-likeness (QED) is 0.161. The van der Waals surface area contributed by atoms with Crippen molar-refractivity contribution in [1.82, 2.24) is 13.7 Å². The number of hydrogen-bond acceptors (Lipinski definition) is 2. The van der Waals surface area contributed by atoms with E-state index in [1.807, 2.05) is 48.5 Å². The van der Waals surface area contributed by atoms with Crippen LogP contribution in [0.1, 0.15) is 0 Å². The summed E-state index contributed by atoms with van der Waals surface area (Å²) in [5.41, 5.74) is 18.0. The van der Waals surface area contributed by atoms with Gasteiger partial charge >= 0.3 is 0 Å².